The number of nitriles is 1. The van der Waals surface area contributed by atoms with Gasteiger partial charge in [0.05, 0.1) is 28.6 Å². The molecule has 0 saturated carbocycles. The van der Waals surface area contributed by atoms with E-state index in [1.54, 1.807) is 17.0 Å². The van der Waals surface area contributed by atoms with E-state index in [2.05, 4.69) is 16.4 Å². The lowest BCUT2D eigenvalue weighted by molar-refractivity contribution is -0.134. The fourth-order valence-corrected chi connectivity index (χ4v) is 3.62. The summed E-state index contributed by atoms with van der Waals surface area (Å²) in [7, 11) is 0. The molecule has 7 nitrogen and oxygen atoms in total. The van der Waals surface area contributed by atoms with E-state index in [1.165, 1.54) is 0 Å². The first kappa shape index (κ1) is 18.9. The maximum Gasteiger partial charge on any atom is 0.231 e. The number of likely N-dealkylation sites (tertiary alicyclic amines) is 1. The van der Waals surface area contributed by atoms with Crippen LogP contribution in [0.3, 0.4) is 0 Å². The molecule has 1 aliphatic heterocycles. The summed E-state index contributed by atoms with van der Waals surface area (Å²) in [5.41, 5.74) is 2.11. The topological polar surface area (TPSA) is 91.0 Å². The molecule has 1 atom stereocenters. The van der Waals surface area contributed by atoms with E-state index in [9.17, 15) is 9.59 Å². The zero-order chi connectivity index (χ0) is 19.4. The number of benzene rings is 1. The molecule has 0 aliphatic carbocycles. The van der Waals surface area contributed by atoms with Crippen molar-refractivity contribution in [2.45, 2.75) is 46.1 Å². The zero-order valence-electron chi connectivity index (χ0n) is 15.9. The van der Waals surface area contributed by atoms with Crippen molar-refractivity contribution in [2.75, 3.05) is 18.4 Å². The third-order valence-electron chi connectivity index (χ3n) is 5.04. The second-order valence-corrected chi connectivity index (χ2v) is 6.91. The quantitative estimate of drug-likeness (QED) is 0.880. The van der Waals surface area contributed by atoms with E-state index in [0.717, 1.165) is 31.3 Å². The molecule has 27 heavy (non-hydrogen) atoms. The van der Waals surface area contributed by atoms with Crippen molar-refractivity contribution in [1.82, 2.24) is 14.5 Å². The summed E-state index contributed by atoms with van der Waals surface area (Å²) >= 11 is 0. The van der Waals surface area contributed by atoms with Gasteiger partial charge in [0, 0.05) is 26.1 Å². The molecule has 0 bridgehead atoms. The maximum absolute atomic E-state index is 12.8. The van der Waals surface area contributed by atoms with Crippen molar-refractivity contribution < 1.29 is 9.59 Å². The molecule has 7 heteroatoms. The minimum Gasteiger partial charge on any atom is -0.342 e. The Labute approximate surface area is 159 Å². The summed E-state index contributed by atoms with van der Waals surface area (Å²) in [6.45, 7) is 5.83. The minimum absolute atomic E-state index is 0.102. The number of nitrogens with zero attached hydrogens (tertiary/aromatic N) is 4. The number of rotatable bonds is 5. The summed E-state index contributed by atoms with van der Waals surface area (Å²) in [6, 6.07) is 7.44. The molecule has 142 valence electrons. The second-order valence-electron chi connectivity index (χ2n) is 6.91. The standard InChI is InChI=1S/C20H25N5O2/c1-3-6-18(26)24-10-5-7-15(13-24)19(27)23-20-22-16-11-14(12-21)8-9-17(16)25(20)4-2/h8-9,11,15H,3-7,10,13H2,1-2H3,(H,22,23,27). The highest BCUT2D eigenvalue weighted by molar-refractivity contribution is 5.93. The van der Waals surface area contributed by atoms with Crippen LogP contribution in [0.5, 0.6) is 0 Å². The van der Waals surface area contributed by atoms with Crippen LogP contribution < -0.4 is 5.32 Å². The number of imidazole rings is 1. The van der Waals surface area contributed by atoms with E-state index in [1.807, 2.05) is 24.5 Å². The monoisotopic (exact) mass is 367 g/mol. The van der Waals surface area contributed by atoms with Gasteiger partial charge < -0.3 is 9.47 Å². The molecule has 1 aliphatic rings. The van der Waals surface area contributed by atoms with Crippen molar-refractivity contribution in [1.29, 1.82) is 5.26 Å². The molecule has 3 rings (SSSR count). The number of fused-ring (bicyclic) bond motifs is 1. The minimum atomic E-state index is -0.223. The van der Waals surface area contributed by atoms with E-state index in [0.29, 0.717) is 36.5 Å². The molecule has 1 aromatic carbocycles. The molecule has 2 amide bonds. The predicted octanol–water partition coefficient (Wildman–Crippen LogP) is 2.91. The lowest BCUT2D eigenvalue weighted by Gasteiger charge is -2.32. The van der Waals surface area contributed by atoms with Crippen molar-refractivity contribution in [3.8, 4) is 6.07 Å². The van der Waals surface area contributed by atoms with Crippen LogP contribution in [0.4, 0.5) is 5.95 Å². The Kier molecular flexibility index (Phi) is 5.75. The first-order valence-corrected chi connectivity index (χ1v) is 9.56. The van der Waals surface area contributed by atoms with Crippen LogP contribution in [0.15, 0.2) is 18.2 Å². The van der Waals surface area contributed by atoms with Gasteiger partial charge in [0.15, 0.2) is 0 Å². The summed E-state index contributed by atoms with van der Waals surface area (Å²) in [6.07, 6.45) is 2.95. The van der Waals surface area contributed by atoms with Crippen LogP contribution >= 0.6 is 0 Å². The molecular weight excluding hydrogens is 342 g/mol. The third-order valence-corrected chi connectivity index (χ3v) is 5.04. The maximum atomic E-state index is 12.8. The molecule has 0 spiro atoms. The van der Waals surface area contributed by atoms with Crippen molar-refractivity contribution in [2.24, 2.45) is 5.92 Å². The van der Waals surface area contributed by atoms with Crippen LogP contribution in [-0.2, 0) is 16.1 Å². The van der Waals surface area contributed by atoms with Gasteiger partial charge in [-0.1, -0.05) is 6.92 Å². The van der Waals surface area contributed by atoms with Gasteiger partial charge >= 0.3 is 0 Å². The van der Waals surface area contributed by atoms with Gasteiger partial charge in [-0.05, 0) is 44.4 Å². The Morgan fingerprint density at radius 2 is 2.19 bits per heavy atom. The summed E-state index contributed by atoms with van der Waals surface area (Å²) < 4.78 is 1.93. The number of hydrogen-bond donors (Lipinski definition) is 1. The van der Waals surface area contributed by atoms with E-state index >= 15 is 0 Å². The van der Waals surface area contributed by atoms with E-state index in [4.69, 9.17) is 5.26 Å². The lowest BCUT2D eigenvalue weighted by atomic mass is 9.97. The number of aromatic nitrogens is 2. The predicted molar refractivity (Wildman–Crippen MR) is 103 cm³/mol. The normalized spacial score (nSPS) is 16.9. The summed E-state index contributed by atoms with van der Waals surface area (Å²) in [5.74, 6) is 0.290. The number of carbonyl (C=O) groups excluding carboxylic acids is 2. The van der Waals surface area contributed by atoms with Gasteiger partial charge in [-0.25, -0.2) is 4.98 Å². The van der Waals surface area contributed by atoms with Crippen LogP contribution in [0.1, 0.15) is 45.1 Å². The molecule has 1 aromatic heterocycles. The number of carbonyl (C=O) groups is 2. The van der Waals surface area contributed by atoms with Gasteiger partial charge in [0.25, 0.3) is 0 Å². The van der Waals surface area contributed by atoms with Crippen LogP contribution in [0, 0.1) is 17.2 Å². The van der Waals surface area contributed by atoms with Gasteiger partial charge in [0.2, 0.25) is 17.8 Å². The van der Waals surface area contributed by atoms with Crippen LogP contribution in [0.2, 0.25) is 0 Å². The van der Waals surface area contributed by atoms with Crippen molar-refractivity contribution in [3.05, 3.63) is 23.8 Å². The zero-order valence-corrected chi connectivity index (χ0v) is 15.9. The average molecular weight is 367 g/mol. The Balaban J connectivity index is 1.77. The molecule has 1 saturated heterocycles. The van der Waals surface area contributed by atoms with Crippen molar-refractivity contribution >= 4 is 28.8 Å². The first-order chi connectivity index (χ1) is 13.1. The molecular formula is C20H25N5O2. The number of hydrogen-bond acceptors (Lipinski definition) is 4. The smallest absolute Gasteiger partial charge is 0.231 e. The number of aryl methyl sites for hydroxylation is 1. The van der Waals surface area contributed by atoms with Crippen LogP contribution in [-0.4, -0.2) is 39.4 Å². The molecule has 1 fully saturated rings. The molecule has 2 aromatic rings. The Hall–Kier alpha value is -2.88. The van der Waals surface area contributed by atoms with Gasteiger partial charge in [-0.2, -0.15) is 5.26 Å². The van der Waals surface area contributed by atoms with E-state index < -0.39 is 0 Å². The van der Waals surface area contributed by atoms with Gasteiger partial charge in [-0.3, -0.25) is 14.9 Å². The lowest BCUT2D eigenvalue weighted by Crippen LogP contribution is -2.43. The number of anilines is 1. The fraction of sp³-hybridized carbons (Fsp3) is 0.500. The fourth-order valence-electron chi connectivity index (χ4n) is 3.62. The second kappa shape index (κ2) is 8.21. The Morgan fingerprint density at radius 1 is 1.37 bits per heavy atom. The number of amides is 2. The molecule has 1 unspecified atom stereocenters. The summed E-state index contributed by atoms with van der Waals surface area (Å²) in [5, 5.41) is 12.0. The first-order valence-electron chi connectivity index (χ1n) is 9.56. The van der Waals surface area contributed by atoms with Crippen LogP contribution in [0.25, 0.3) is 11.0 Å². The largest absolute Gasteiger partial charge is 0.342 e. The average Bonchev–Trinajstić information content (AvgIpc) is 3.04. The molecule has 1 N–H and O–H groups in total. The Morgan fingerprint density at radius 3 is 2.89 bits per heavy atom. The molecule has 0 radical (unpaired) electrons. The van der Waals surface area contributed by atoms with Gasteiger partial charge in [0.1, 0.15) is 0 Å². The highest BCUT2D eigenvalue weighted by Crippen LogP contribution is 2.23. The third kappa shape index (κ3) is 3.95. The van der Waals surface area contributed by atoms with Crippen molar-refractivity contribution in [3.63, 3.8) is 0 Å². The summed E-state index contributed by atoms with van der Waals surface area (Å²) in [4.78, 5) is 31.3. The number of piperidine rings is 1. The molecule has 2 heterocycles. The van der Waals surface area contributed by atoms with Gasteiger partial charge in [-0.15, -0.1) is 0 Å². The Bertz CT molecular complexity index is 896. The number of nitrogens with one attached hydrogen (secondary N) is 1. The SMILES string of the molecule is CCCC(=O)N1CCCC(C(=O)Nc2nc3cc(C#N)ccc3n2CC)C1. The highest BCUT2D eigenvalue weighted by atomic mass is 16.2. The van der Waals surface area contributed by atoms with E-state index in [-0.39, 0.29) is 17.7 Å². The highest BCUT2D eigenvalue weighted by Gasteiger charge is 2.29.